The second-order valence-electron chi connectivity index (χ2n) is 5.19. The highest BCUT2D eigenvalue weighted by Gasteiger charge is 2.13. The van der Waals surface area contributed by atoms with Gasteiger partial charge in [-0.1, -0.05) is 11.6 Å². The Bertz CT molecular complexity index is 903. The number of nitrogens with one attached hydrogen (secondary N) is 1. The predicted octanol–water partition coefficient (Wildman–Crippen LogP) is 4.27. The molecule has 0 aliphatic rings. The average Bonchev–Trinajstić information content (AvgIpc) is 2.66. The van der Waals surface area contributed by atoms with Crippen LogP contribution in [-0.2, 0) is 0 Å². The van der Waals surface area contributed by atoms with E-state index in [0.717, 1.165) is 5.75 Å². The van der Waals surface area contributed by atoms with E-state index in [2.05, 4.69) is 15.3 Å². The molecular formula is C18H17ClN4O3. The first kappa shape index (κ1) is 17.6. The van der Waals surface area contributed by atoms with Crippen LogP contribution in [0.1, 0.15) is 0 Å². The first-order valence-electron chi connectivity index (χ1n) is 7.63. The van der Waals surface area contributed by atoms with Crippen molar-refractivity contribution in [2.45, 2.75) is 0 Å². The van der Waals surface area contributed by atoms with Crippen LogP contribution < -0.4 is 25.3 Å². The van der Waals surface area contributed by atoms with E-state index in [1.807, 2.05) is 0 Å². The average molecular weight is 373 g/mol. The number of hydrogen-bond donors (Lipinski definition) is 2. The summed E-state index contributed by atoms with van der Waals surface area (Å²) in [4.78, 5) is 8.25. The largest absolute Gasteiger partial charge is 0.497 e. The third-order valence-corrected chi connectivity index (χ3v) is 3.77. The standard InChI is InChI=1S/C18H17ClN4O3/c1-24-12-4-6-13(7-5-12)26-18-16(20)17(21-10-22-18)23-14-9-11(19)3-8-15(14)25-2/h3-10H,20H2,1-2H3,(H,21,22,23). The van der Waals surface area contributed by atoms with Crippen LogP contribution in [0.3, 0.4) is 0 Å². The van der Waals surface area contributed by atoms with Crippen LogP contribution in [0.4, 0.5) is 17.2 Å². The Morgan fingerprint density at radius 1 is 0.962 bits per heavy atom. The molecule has 0 radical (unpaired) electrons. The number of methoxy groups -OCH3 is 2. The van der Waals surface area contributed by atoms with Gasteiger partial charge in [0, 0.05) is 5.02 Å². The summed E-state index contributed by atoms with van der Waals surface area (Å²) in [6, 6.07) is 12.3. The van der Waals surface area contributed by atoms with Crippen LogP contribution in [0.15, 0.2) is 48.8 Å². The van der Waals surface area contributed by atoms with Crippen LogP contribution in [0.2, 0.25) is 5.02 Å². The Labute approximate surface area is 155 Å². The normalized spacial score (nSPS) is 10.3. The number of ether oxygens (including phenoxy) is 3. The highest BCUT2D eigenvalue weighted by molar-refractivity contribution is 6.31. The number of rotatable bonds is 6. The number of nitrogen functional groups attached to an aromatic ring is 1. The molecule has 0 saturated heterocycles. The van der Waals surface area contributed by atoms with Crippen molar-refractivity contribution in [3.63, 3.8) is 0 Å². The predicted molar refractivity (Wildman–Crippen MR) is 101 cm³/mol. The van der Waals surface area contributed by atoms with Gasteiger partial charge in [-0.15, -0.1) is 0 Å². The van der Waals surface area contributed by atoms with Crippen molar-refractivity contribution < 1.29 is 14.2 Å². The van der Waals surface area contributed by atoms with Crippen LogP contribution in [0.25, 0.3) is 0 Å². The molecule has 26 heavy (non-hydrogen) atoms. The summed E-state index contributed by atoms with van der Waals surface area (Å²) < 4.78 is 16.2. The van der Waals surface area contributed by atoms with Gasteiger partial charge < -0.3 is 25.3 Å². The molecule has 2 aromatic carbocycles. The maximum Gasteiger partial charge on any atom is 0.248 e. The van der Waals surface area contributed by atoms with Crippen molar-refractivity contribution in [2.75, 3.05) is 25.3 Å². The molecule has 0 unspecified atom stereocenters. The maximum absolute atomic E-state index is 6.15. The molecule has 134 valence electrons. The molecule has 0 saturated carbocycles. The molecule has 3 aromatic rings. The zero-order valence-electron chi connectivity index (χ0n) is 14.2. The number of hydrogen-bond acceptors (Lipinski definition) is 7. The van der Waals surface area contributed by atoms with Gasteiger partial charge in [0.2, 0.25) is 5.88 Å². The van der Waals surface area contributed by atoms with Crippen LogP contribution >= 0.6 is 11.6 Å². The monoisotopic (exact) mass is 372 g/mol. The van der Waals surface area contributed by atoms with Gasteiger partial charge in [-0.05, 0) is 42.5 Å². The molecule has 0 amide bonds. The fourth-order valence-electron chi connectivity index (χ4n) is 2.22. The van der Waals surface area contributed by atoms with Gasteiger partial charge >= 0.3 is 0 Å². The Hall–Kier alpha value is -3.19. The van der Waals surface area contributed by atoms with E-state index in [9.17, 15) is 0 Å². The molecule has 0 aliphatic heterocycles. The van der Waals surface area contributed by atoms with E-state index >= 15 is 0 Å². The number of nitrogens with two attached hydrogens (primary N) is 1. The first-order valence-corrected chi connectivity index (χ1v) is 8.01. The zero-order valence-corrected chi connectivity index (χ0v) is 14.9. The van der Waals surface area contributed by atoms with Gasteiger partial charge in [0.05, 0.1) is 19.9 Å². The van der Waals surface area contributed by atoms with Crippen molar-refractivity contribution in [2.24, 2.45) is 0 Å². The summed E-state index contributed by atoms with van der Waals surface area (Å²) >= 11 is 6.05. The third kappa shape index (κ3) is 3.89. The van der Waals surface area contributed by atoms with E-state index in [1.165, 1.54) is 6.33 Å². The number of benzene rings is 2. The lowest BCUT2D eigenvalue weighted by atomic mass is 10.3. The molecule has 0 spiro atoms. The molecular weight excluding hydrogens is 356 g/mol. The smallest absolute Gasteiger partial charge is 0.248 e. The Morgan fingerprint density at radius 2 is 1.69 bits per heavy atom. The van der Waals surface area contributed by atoms with E-state index in [0.29, 0.717) is 28.0 Å². The van der Waals surface area contributed by atoms with Crippen LogP contribution in [0.5, 0.6) is 23.1 Å². The van der Waals surface area contributed by atoms with E-state index in [4.69, 9.17) is 31.5 Å². The highest BCUT2D eigenvalue weighted by atomic mass is 35.5. The molecule has 0 atom stereocenters. The molecule has 3 N–H and O–H groups in total. The summed E-state index contributed by atoms with van der Waals surface area (Å²) in [5.74, 6) is 2.51. The van der Waals surface area contributed by atoms with Gasteiger partial charge in [-0.2, -0.15) is 4.98 Å². The molecule has 7 nitrogen and oxygen atoms in total. The topological polar surface area (TPSA) is 91.5 Å². The summed E-state index contributed by atoms with van der Waals surface area (Å²) in [6.45, 7) is 0. The minimum atomic E-state index is 0.230. The molecule has 1 heterocycles. The lowest BCUT2D eigenvalue weighted by Crippen LogP contribution is -2.04. The van der Waals surface area contributed by atoms with Gasteiger partial charge in [-0.3, -0.25) is 0 Å². The molecule has 3 rings (SSSR count). The summed E-state index contributed by atoms with van der Waals surface area (Å²) in [7, 11) is 3.16. The zero-order chi connectivity index (χ0) is 18.5. The lowest BCUT2D eigenvalue weighted by Gasteiger charge is -2.14. The minimum Gasteiger partial charge on any atom is -0.497 e. The van der Waals surface area contributed by atoms with Gasteiger partial charge in [0.25, 0.3) is 0 Å². The van der Waals surface area contributed by atoms with Crippen molar-refractivity contribution in [3.8, 4) is 23.1 Å². The van der Waals surface area contributed by atoms with E-state index in [-0.39, 0.29) is 11.6 Å². The Kier molecular flexibility index (Phi) is 5.28. The SMILES string of the molecule is COc1ccc(Oc2ncnc(Nc3cc(Cl)ccc3OC)c2N)cc1. The number of halogens is 1. The van der Waals surface area contributed by atoms with E-state index in [1.54, 1.807) is 56.7 Å². The second kappa shape index (κ2) is 7.79. The third-order valence-electron chi connectivity index (χ3n) is 3.54. The van der Waals surface area contributed by atoms with Crippen molar-refractivity contribution in [1.82, 2.24) is 9.97 Å². The second-order valence-corrected chi connectivity index (χ2v) is 5.62. The molecule has 8 heteroatoms. The van der Waals surface area contributed by atoms with Gasteiger partial charge in [0.1, 0.15) is 29.3 Å². The molecule has 0 fully saturated rings. The lowest BCUT2D eigenvalue weighted by molar-refractivity contribution is 0.412. The highest BCUT2D eigenvalue weighted by Crippen LogP contribution is 2.35. The number of nitrogens with zero attached hydrogens (tertiary/aromatic N) is 2. The van der Waals surface area contributed by atoms with Crippen molar-refractivity contribution >= 4 is 28.8 Å². The summed E-state index contributed by atoms with van der Waals surface area (Å²) in [5, 5.41) is 3.64. The van der Waals surface area contributed by atoms with Crippen LogP contribution in [0, 0.1) is 0 Å². The number of anilines is 3. The molecule has 0 bridgehead atoms. The van der Waals surface area contributed by atoms with Crippen molar-refractivity contribution in [1.29, 1.82) is 0 Å². The Morgan fingerprint density at radius 3 is 2.38 bits per heavy atom. The van der Waals surface area contributed by atoms with Crippen molar-refractivity contribution in [3.05, 3.63) is 53.8 Å². The quantitative estimate of drug-likeness (QED) is 0.667. The van der Waals surface area contributed by atoms with E-state index < -0.39 is 0 Å². The fourth-order valence-corrected chi connectivity index (χ4v) is 2.39. The van der Waals surface area contributed by atoms with Gasteiger partial charge in [-0.25, -0.2) is 4.98 Å². The van der Waals surface area contributed by atoms with Gasteiger partial charge in [0.15, 0.2) is 5.82 Å². The summed E-state index contributed by atoms with van der Waals surface area (Å²) in [5.41, 5.74) is 7.03. The Balaban J connectivity index is 1.86. The number of aromatic nitrogens is 2. The fraction of sp³-hybridized carbons (Fsp3) is 0.111. The molecule has 1 aromatic heterocycles. The maximum atomic E-state index is 6.15. The summed E-state index contributed by atoms with van der Waals surface area (Å²) in [6.07, 6.45) is 1.36. The minimum absolute atomic E-state index is 0.230. The molecule has 0 aliphatic carbocycles. The first-order chi connectivity index (χ1) is 12.6. The van der Waals surface area contributed by atoms with Crippen LogP contribution in [-0.4, -0.2) is 24.2 Å².